The van der Waals surface area contributed by atoms with Crippen LogP contribution in [0.1, 0.15) is 31.0 Å². The molecule has 0 aromatic heterocycles. The summed E-state index contributed by atoms with van der Waals surface area (Å²) in [5.74, 6) is 0.867. The third-order valence-corrected chi connectivity index (χ3v) is 3.09. The van der Waals surface area contributed by atoms with Crippen molar-refractivity contribution in [2.45, 2.75) is 32.6 Å². The van der Waals surface area contributed by atoms with E-state index >= 15 is 0 Å². The summed E-state index contributed by atoms with van der Waals surface area (Å²) in [6, 6.07) is 17.9. The maximum atomic E-state index is 6.14. The maximum Gasteiger partial charge on any atom is 0.119 e. The first-order valence-corrected chi connectivity index (χ1v) is 7.29. The molecule has 0 amide bonds. The Bertz CT molecular complexity index is 523. The maximum absolute atomic E-state index is 6.14. The first kappa shape index (κ1) is 15.5. The van der Waals surface area contributed by atoms with E-state index in [4.69, 9.17) is 15.2 Å². The third-order valence-electron chi connectivity index (χ3n) is 3.09. The Labute approximate surface area is 126 Å². The van der Waals surface area contributed by atoms with Crippen LogP contribution in [-0.4, -0.2) is 12.7 Å². The van der Waals surface area contributed by atoms with Gasteiger partial charge in [-0.05, 0) is 37.1 Å². The Kier molecular flexibility index (Phi) is 5.78. The summed E-state index contributed by atoms with van der Waals surface area (Å²) >= 11 is 0. The van der Waals surface area contributed by atoms with Gasteiger partial charge < -0.3 is 15.2 Å². The molecule has 0 aliphatic heterocycles. The van der Waals surface area contributed by atoms with Gasteiger partial charge in [0.05, 0.1) is 25.4 Å². The summed E-state index contributed by atoms with van der Waals surface area (Å²) in [7, 11) is 0. The first-order valence-electron chi connectivity index (χ1n) is 7.29. The van der Waals surface area contributed by atoms with Crippen molar-refractivity contribution in [3.8, 4) is 5.75 Å². The van der Waals surface area contributed by atoms with Crippen LogP contribution in [0.5, 0.6) is 5.75 Å². The fourth-order valence-corrected chi connectivity index (χ4v) is 2.04. The van der Waals surface area contributed by atoms with Gasteiger partial charge in [0.15, 0.2) is 0 Å². The van der Waals surface area contributed by atoms with Crippen molar-refractivity contribution < 1.29 is 9.47 Å². The molecule has 2 aromatic carbocycles. The van der Waals surface area contributed by atoms with Gasteiger partial charge in [-0.25, -0.2) is 0 Å². The van der Waals surface area contributed by atoms with Gasteiger partial charge in [-0.15, -0.1) is 0 Å². The average Bonchev–Trinajstić information content (AvgIpc) is 2.48. The van der Waals surface area contributed by atoms with Crippen LogP contribution in [0.4, 0.5) is 0 Å². The second kappa shape index (κ2) is 7.81. The van der Waals surface area contributed by atoms with Crippen molar-refractivity contribution in [1.29, 1.82) is 0 Å². The van der Waals surface area contributed by atoms with Crippen LogP contribution >= 0.6 is 0 Å². The Hall–Kier alpha value is -1.84. The molecule has 21 heavy (non-hydrogen) atoms. The van der Waals surface area contributed by atoms with Crippen LogP contribution < -0.4 is 10.5 Å². The molecule has 0 spiro atoms. The van der Waals surface area contributed by atoms with Crippen LogP contribution in [0, 0.1) is 0 Å². The van der Waals surface area contributed by atoms with E-state index in [1.807, 2.05) is 68.4 Å². The van der Waals surface area contributed by atoms with E-state index < -0.39 is 0 Å². The van der Waals surface area contributed by atoms with E-state index in [1.54, 1.807) is 0 Å². The van der Waals surface area contributed by atoms with Crippen LogP contribution in [0.3, 0.4) is 0 Å². The molecule has 112 valence electrons. The predicted octanol–water partition coefficient (Wildman–Crippen LogP) is 3.69. The van der Waals surface area contributed by atoms with E-state index in [-0.39, 0.29) is 12.1 Å². The normalized spacial score (nSPS) is 12.4. The van der Waals surface area contributed by atoms with Gasteiger partial charge in [0.2, 0.25) is 0 Å². The predicted molar refractivity (Wildman–Crippen MR) is 85.2 cm³/mol. The summed E-state index contributed by atoms with van der Waals surface area (Å²) in [5.41, 5.74) is 8.36. The van der Waals surface area contributed by atoms with Crippen LogP contribution in [0.2, 0.25) is 0 Å². The van der Waals surface area contributed by atoms with Gasteiger partial charge >= 0.3 is 0 Å². The zero-order valence-corrected chi connectivity index (χ0v) is 12.7. The first-order chi connectivity index (χ1) is 10.1. The van der Waals surface area contributed by atoms with Crippen LogP contribution in [0.25, 0.3) is 0 Å². The Morgan fingerprint density at radius 2 is 1.62 bits per heavy atom. The fraction of sp³-hybridized carbons (Fsp3) is 0.333. The molecular weight excluding hydrogens is 262 g/mol. The Morgan fingerprint density at radius 1 is 0.952 bits per heavy atom. The Morgan fingerprint density at radius 3 is 2.24 bits per heavy atom. The highest BCUT2D eigenvalue weighted by Crippen LogP contribution is 2.18. The van der Waals surface area contributed by atoms with Crippen LogP contribution in [0.15, 0.2) is 54.6 Å². The van der Waals surface area contributed by atoms with Crippen molar-refractivity contribution in [2.24, 2.45) is 5.73 Å². The smallest absolute Gasteiger partial charge is 0.119 e. The molecule has 2 rings (SSSR count). The van der Waals surface area contributed by atoms with Crippen molar-refractivity contribution in [2.75, 3.05) is 6.61 Å². The van der Waals surface area contributed by atoms with Crippen LogP contribution in [-0.2, 0) is 11.3 Å². The molecule has 2 aromatic rings. The molecule has 0 aliphatic carbocycles. The molecule has 2 N–H and O–H groups in total. The number of nitrogens with two attached hydrogens (primary N) is 1. The zero-order chi connectivity index (χ0) is 15.1. The van der Waals surface area contributed by atoms with E-state index in [0.29, 0.717) is 13.2 Å². The molecule has 0 fully saturated rings. The molecule has 0 bridgehead atoms. The fourth-order valence-electron chi connectivity index (χ4n) is 2.04. The van der Waals surface area contributed by atoms with Gasteiger partial charge in [0, 0.05) is 0 Å². The van der Waals surface area contributed by atoms with Crippen molar-refractivity contribution in [3.63, 3.8) is 0 Å². The quantitative estimate of drug-likeness (QED) is 0.843. The molecule has 0 aliphatic rings. The highest BCUT2D eigenvalue weighted by Gasteiger charge is 2.07. The lowest BCUT2D eigenvalue weighted by Gasteiger charge is -2.14. The van der Waals surface area contributed by atoms with E-state index in [2.05, 4.69) is 0 Å². The lowest BCUT2D eigenvalue weighted by atomic mass is 10.1. The molecule has 0 radical (unpaired) electrons. The average molecular weight is 285 g/mol. The lowest BCUT2D eigenvalue weighted by Crippen LogP contribution is -2.17. The summed E-state index contributed by atoms with van der Waals surface area (Å²) in [4.78, 5) is 0. The summed E-state index contributed by atoms with van der Waals surface area (Å²) in [6.45, 7) is 5.11. The summed E-state index contributed by atoms with van der Waals surface area (Å²) in [6.07, 6.45) is 0.179. The second-order valence-corrected chi connectivity index (χ2v) is 5.34. The number of rotatable bonds is 7. The molecule has 3 heteroatoms. The summed E-state index contributed by atoms with van der Waals surface area (Å²) < 4.78 is 11.3. The number of benzene rings is 2. The minimum absolute atomic E-state index is 0.123. The van der Waals surface area contributed by atoms with Gasteiger partial charge in [0.1, 0.15) is 5.75 Å². The van der Waals surface area contributed by atoms with Gasteiger partial charge in [-0.1, -0.05) is 42.5 Å². The van der Waals surface area contributed by atoms with E-state index in [1.165, 1.54) is 0 Å². The zero-order valence-electron chi connectivity index (χ0n) is 12.7. The molecule has 3 nitrogen and oxygen atoms in total. The summed E-state index contributed by atoms with van der Waals surface area (Å²) in [5, 5.41) is 0. The monoisotopic (exact) mass is 285 g/mol. The SMILES string of the molecule is CC(C)Oc1ccc(C(N)COCc2ccccc2)cc1. The number of ether oxygens (including phenoxy) is 2. The molecule has 1 atom stereocenters. The highest BCUT2D eigenvalue weighted by atomic mass is 16.5. The number of hydrogen-bond donors (Lipinski definition) is 1. The van der Waals surface area contributed by atoms with E-state index in [0.717, 1.165) is 16.9 Å². The largest absolute Gasteiger partial charge is 0.491 e. The van der Waals surface area contributed by atoms with Gasteiger partial charge in [-0.2, -0.15) is 0 Å². The lowest BCUT2D eigenvalue weighted by molar-refractivity contribution is 0.108. The standard InChI is InChI=1S/C18H23NO2/c1-14(2)21-17-10-8-16(9-11-17)18(19)13-20-12-15-6-4-3-5-7-15/h3-11,14,18H,12-13,19H2,1-2H3. The topological polar surface area (TPSA) is 44.5 Å². The minimum Gasteiger partial charge on any atom is -0.491 e. The molecule has 0 heterocycles. The van der Waals surface area contributed by atoms with Crippen molar-refractivity contribution in [1.82, 2.24) is 0 Å². The third kappa shape index (κ3) is 5.21. The molecule has 1 unspecified atom stereocenters. The molecule has 0 saturated heterocycles. The molecular formula is C18H23NO2. The molecule has 0 saturated carbocycles. The number of hydrogen-bond acceptors (Lipinski definition) is 3. The second-order valence-electron chi connectivity index (χ2n) is 5.34. The van der Waals surface area contributed by atoms with Gasteiger partial charge in [0.25, 0.3) is 0 Å². The minimum atomic E-state index is -0.123. The highest BCUT2D eigenvalue weighted by molar-refractivity contribution is 5.29. The van der Waals surface area contributed by atoms with Gasteiger partial charge in [-0.3, -0.25) is 0 Å². The van der Waals surface area contributed by atoms with E-state index in [9.17, 15) is 0 Å². The van der Waals surface area contributed by atoms with Crippen molar-refractivity contribution >= 4 is 0 Å². The Balaban J connectivity index is 1.81. The van der Waals surface area contributed by atoms with Crippen molar-refractivity contribution in [3.05, 3.63) is 65.7 Å².